The van der Waals surface area contributed by atoms with Gasteiger partial charge in [0.2, 0.25) is 0 Å². The van der Waals surface area contributed by atoms with Gasteiger partial charge in [-0.2, -0.15) is 0 Å². The normalized spacial score (nSPS) is 12.5. The Labute approximate surface area is 115 Å². The van der Waals surface area contributed by atoms with Crippen LogP contribution in [-0.4, -0.2) is 17.1 Å². The van der Waals surface area contributed by atoms with Crippen molar-refractivity contribution in [2.24, 2.45) is 5.73 Å². The number of carboxylic acids is 1. The van der Waals surface area contributed by atoms with Gasteiger partial charge in [0, 0.05) is 7.14 Å². The maximum Gasteiger partial charge on any atom is 0.320 e. The second kappa shape index (κ2) is 5.30. The van der Waals surface area contributed by atoms with Crippen LogP contribution < -0.4 is 11.5 Å². The number of hydrogen-bond acceptors (Lipinski definition) is 3. The van der Waals surface area contributed by atoms with Crippen LogP contribution in [0.3, 0.4) is 0 Å². The van der Waals surface area contributed by atoms with E-state index in [1.54, 1.807) is 0 Å². The molecule has 1 aromatic rings. The van der Waals surface area contributed by atoms with Crippen molar-refractivity contribution in [2.45, 2.75) is 12.5 Å². The van der Waals surface area contributed by atoms with Crippen LogP contribution in [0.2, 0.25) is 0 Å². The zero-order valence-electron chi connectivity index (χ0n) is 7.71. The molecule has 0 spiro atoms. The number of nitrogens with two attached hydrogens (primary N) is 2. The summed E-state index contributed by atoms with van der Waals surface area (Å²) in [7, 11) is 0. The van der Waals surface area contributed by atoms with E-state index in [4.69, 9.17) is 16.6 Å². The predicted molar refractivity (Wildman–Crippen MR) is 75.6 cm³/mol. The molecule has 15 heavy (non-hydrogen) atoms. The van der Waals surface area contributed by atoms with E-state index in [0.717, 1.165) is 18.4 Å². The third-order valence-electron chi connectivity index (χ3n) is 1.91. The molecule has 5 N–H and O–H groups in total. The molecule has 0 radical (unpaired) electrons. The topological polar surface area (TPSA) is 89.3 Å². The second-order valence-corrected chi connectivity index (χ2v) is 5.45. The molecule has 0 heterocycles. The summed E-state index contributed by atoms with van der Waals surface area (Å²) in [5, 5.41) is 8.68. The second-order valence-electron chi connectivity index (χ2n) is 3.12. The van der Waals surface area contributed by atoms with E-state index in [1.165, 1.54) is 0 Å². The Morgan fingerprint density at radius 3 is 2.27 bits per heavy atom. The molecule has 0 amide bonds. The molecule has 1 atom stereocenters. The third kappa shape index (κ3) is 3.45. The minimum absolute atomic E-state index is 0.321. The number of benzene rings is 1. The first-order valence-electron chi connectivity index (χ1n) is 4.13. The van der Waals surface area contributed by atoms with E-state index in [2.05, 4.69) is 45.2 Å². The maximum atomic E-state index is 10.6. The largest absolute Gasteiger partial charge is 0.480 e. The van der Waals surface area contributed by atoms with Crippen LogP contribution in [0.4, 0.5) is 5.69 Å². The van der Waals surface area contributed by atoms with Gasteiger partial charge in [0.05, 0.1) is 5.69 Å². The first-order chi connectivity index (χ1) is 6.91. The SMILES string of the molecule is Nc1c(I)cc(C[C@H](N)C(=O)O)cc1I. The Hall–Kier alpha value is -0.0900. The van der Waals surface area contributed by atoms with Crippen molar-refractivity contribution in [3.05, 3.63) is 24.8 Å². The van der Waals surface area contributed by atoms with E-state index in [9.17, 15) is 4.79 Å². The third-order valence-corrected chi connectivity index (χ3v) is 3.70. The maximum absolute atomic E-state index is 10.6. The Balaban J connectivity index is 2.92. The molecule has 0 aliphatic carbocycles. The van der Waals surface area contributed by atoms with Crippen molar-refractivity contribution >= 4 is 56.8 Å². The van der Waals surface area contributed by atoms with E-state index in [-0.39, 0.29) is 0 Å². The highest BCUT2D eigenvalue weighted by molar-refractivity contribution is 14.1. The van der Waals surface area contributed by atoms with Gasteiger partial charge in [0.1, 0.15) is 6.04 Å². The van der Waals surface area contributed by atoms with E-state index >= 15 is 0 Å². The number of carboxylic acid groups (broad SMARTS) is 1. The fourth-order valence-corrected chi connectivity index (χ4v) is 2.99. The van der Waals surface area contributed by atoms with Gasteiger partial charge < -0.3 is 16.6 Å². The van der Waals surface area contributed by atoms with Gasteiger partial charge in [0.25, 0.3) is 0 Å². The summed E-state index contributed by atoms with van der Waals surface area (Å²) in [5.41, 5.74) is 12.9. The van der Waals surface area contributed by atoms with Gasteiger partial charge >= 0.3 is 5.97 Å². The lowest BCUT2D eigenvalue weighted by molar-refractivity contribution is -0.138. The van der Waals surface area contributed by atoms with E-state index in [0.29, 0.717) is 6.42 Å². The number of aliphatic carboxylic acids is 1. The predicted octanol–water partition coefficient (Wildman–Crippen LogP) is 1.43. The molecule has 0 aliphatic rings. The molecule has 1 rings (SSSR count). The number of rotatable bonds is 3. The average molecular weight is 432 g/mol. The van der Waals surface area contributed by atoms with Crippen LogP contribution in [-0.2, 0) is 11.2 Å². The number of halogens is 2. The molecule has 4 nitrogen and oxygen atoms in total. The zero-order chi connectivity index (χ0) is 11.6. The van der Waals surface area contributed by atoms with Gasteiger partial charge in [-0.15, -0.1) is 0 Å². The summed E-state index contributed by atoms with van der Waals surface area (Å²) in [4.78, 5) is 10.6. The molecule has 1 aromatic carbocycles. The summed E-state index contributed by atoms with van der Waals surface area (Å²) in [5.74, 6) is -0.989. The van der Waals surface area contributed by atoms with Crippen molar-refractivity contribution in [3.63, 3.8) is 0 Å². The van der Waals surface area contributed by atoms with Crippen molar-refractivity contribution in [3.8, 4) is 0 Å². The molecular weight excluding hydrogens is 422 g/mol. The minimum Gasteiger partial charge on any atom is -0.480 e. The molecule has 0 saturated heterocycles. The molecule has 0 bridgehead atoms. The molecule has 0 aromatic heterocycles. The van der Waals surface area contributed by atoms with Crippen LogP contribution in [0.1, 0.15) is 5.56 Å². The van der Waals surface area contributed by atoms with Gasteiger partial charge in [-0.1, -0.05) is 0 Å². The zero-order valence-corrected chi connectivity index (χ0v) is 12.0. The molecule has 0 aliphatic heterocycles. The number of carbonyl (C=O) groups is 1. The first-order valence-corrected chi connectivity index (χ1v) is 6.29. The highest BCUT2D eigenvalue weighted by Gasteiger charge is 2.13. The monoisotopic (exact) mass is 432 g/mol. The minimum atomic E-state index is -0.989. The summed E-state index contributed by atoms with van der Waals surface area (Å²) in [6.45, 7) is 0. The summed E-state index contributed by atoms with van der Waals surface area (Å²) >= 11 is 4.24. The fraction of sp³-hybridized carbons (Fsp3) is 0.222. The Bertz CT molecular complexity index is 373. The van der Waals surface area contributed by atoms with Gasteiger partial charge in [-0.05, 0) is 69.3 Å². The molecule has 0 unspecified atom stereocenters. The first kappa shape index (κ1) is 13.0. The molecule has 82 valence electrons. The van der Waals surface area contributed by atoms with Crippen molar-refractivity contribution < 1.29 is 9.90 Å². The lowest BCUT2D eigenvalue weighted by Crippen LogP contribution is -2.32. The molecule has 0 saturated carbocycles. The standard InChI is InChI=1S/C9H10I2N2O2/c10-5-1-4(2-6(11)8(5)13)3-7(12)9(14)15/h1-2,7H,3,12-13H2,(H,14,15)/t7-/m0/s1. The number of anilines is 1. The molecule has 0 fully saturated rings. The fourth-order valence-electron chi connectivity index (χ4n) is 1.10. The molecule has 6 heteroatoms. The van der Waals surface area contributed by atoms with Crippen LogP contribution in [0.25, 0.3) is 0 Å². The lowest BCUT2D eigenvalue weighted by Gasteiger charge is -2.09. The Morgan fingerprint density at radius 1 is 1.40 bits per heavy atom. The summed E-state index contributed by atoms with van der Waals surface area (Å²) in [6, 6.07) is 2.86. The van der Waals surface area contributed by atoms with Crippen LogP contribution in [0, 0.1) is 7.14 Å². The van der Waals surface area contributed by atoms with Crippen LogP contribution >= 0.6 is 45.2 Å². The van der Waals surface area contributed by atoms with Gasteiger partial charge in [-0.3, -0.25) is 4.79 Å². The summed E-state index contributed by atoms with van der Waals surface area (Å²) < 4.78 is 1.85. The van der Waals surface area contributed by atoms with Crippen molar-refractivity contribution in [1.82, 2.24) is 0 Å². The highest BCUT2D eigenvalue weighted by atomic mass is 127. The summed E-state index contributed by atoms with van der Waals surface area (Å²) in [6.07, 6.45) is 0.321. The van der Waals surface area contributed by atoms with E-state index in [1.807, 2.05) is 12.1 Å². The lowest BCUT2D eigenvalue weighted by atomic mass is 10.1. The van der Waals surface area contributed by atoms with Crippen LogP contribution in [0.15, 0.2) is 12.1 Å². The highest BCUT2D eigenvalue weighted by Crippen LogP contribution is 2.24. The van der Waals surface area contributed by atoms with Crippen LogP contribution in [0.5, 0.6) is 0 Å². The molecular formula is C9H10I2N2O2. The van der Waals surface area contributed by atoms with Gasteiger partial charge in [0.15, 0.2) is 0 Å². The average Bonchev–Trinajstić information content (AvgIpc) is 2.13. The quantitative estimate of drug-likeness (QED) is 0.499. The smallest absolute Gasteiger partial charge is 0.320 e. The van der Waals surface area contributed by atoms with Crippen molar-refractivity contribution in [2.75, 3.05) is 5.73 Å². The Morgan fingerprint density at radius 2 is 1.87 bits per heavy atom. The number of nitrogen functional groups attached to an aromatic ring is 1. The van der Waals surface area contributed by atoms with E-state index < -0.39 is 12.0 Å². The Kier molecular flexibility index (Phi) is 4.59. The number of hydrogen-bond donors (Lipinski definition) is 3. The van der Waals surface area contributed by atoms with Crippen molar-refractivity contribution in [1.29, 1.82) is 0 Å². The van der Waals surface area contributed by atoms with Gasteiger partial charge in [-0.25, -0.2) is 0 Å².